The fourth-order valence-corrected chi connectivity index (χ4v) is 2.94. The van der Waals surface area contributed by atoms with Crippen LogP contribution in [0.1, 0.15) is 27.8 Å². The number of nitriles is 6. The molecule has 0 saturated carbocycles. The Morgan fingerprint density at radius 3 is 1.53 bits per heavy atom. The van der Waals surface area contributed by atoms with E-state index in [9.17, 15) is 51.8 Å². The summed E-state index contributed by atoms with van der Waals surface area (Å²) in [5, 5.41) is 54.2. The van der Waals surface area contributed by atoms with Crippen molar-refractivity contribution in [3.63, 3.8) is 0 Å². The first-order chi connectivity index (χ1) is 15.9. The van der Waals surface area contributed by atoms with Gasteiger partial charge in [0.1, 0.15) is 41.5 Å². The Hall–Kier alpha value is -5.37. The predicted octanol–water partition coefficient (Wildman–Crippen LogP) is 2.80. The number of benzene rings is 2. The molecule has 0 amide bonds. The van der Waals surface area contributed by atoms with Crippen molar-refractivity contribution in [3.8, 4) is 36.4 Å². The molecular formula is C21HF7N6. The molecule has 0 aliphatic heterocycles. The van der Waals surface area contributed by atoms with Crippen molar-refractivity contribution in [2.24, 2.45) is 0 Å². The van der Waals surface area contributed by atoms with Crippen LogP contribution in [0.3, 0.4) is 0 Å². The zero-order valence-electron chi connectivity index (χ0n) is 15.9. The second-order valence-electron chi connectivity index (χ2n) is 6.02. The SMILES string of the molecule is N#CC(C#N)=c1cc(C#N)/c(=C(/C#N)c2c(F)c(F)c(C(F)(F)F)c(F)c2F)c(C#N)c1C#N. The predicted molar refractivity (Wildman–Crippen MR) is 93.9 cm³/mol. The Kier molecular flexibility index (Phi) is 6.60. The molecular weight excluding hydrogens is 469 g/mol. The quantitative estimate of drug-likeness (QED) is 0.463. The highest BCUT2D eigenvalue weighted by atomic mass is 19.4. The number of halogens is 7. The topological polar surface area (TPSA) is 143 Å². The lowest BCUT2D eigenvalue weighted by Crippen LogP contribution is -2.27. The van der Waals surface area contributed by atoms with E-state index in [0.717, 1.165) is 6.07 Å². The van der Waals surface area contributed by atoms with Crippen molar-refractivity contribution in [2.75, 3.05) is 0 Å². The first-order valence-corrected chi connectivity index (χ1v) is 8.24. The van der Waals surface area contributed by atoms with Crippen molar-refractivity contribution in [3.05, 3.63) is 67.6 Å². The van der Waals surface area contributed by atoms with Crippen LogP contribution < -0.4 is 10.4 Å². The highest BCUT2D eigenvalue weighted by molar-refractivity contribution is 5.82. The van der Waals surface area contributed by atoms with Crippen molar-refractivity contribution in [2.45, 2.75) is 6.18 Å². The third-order valence-corrected chi connectivity index (χ3v) is 4.32. The number of hydrogen-bond donors (Lipinski definition) is 0. The lowest BCUT2D eigenvalue weighted by Gasteiger charge is -2.14. The second-order valence-corrected chi connectivity index (χ2v) is 6.02. The number of nitrogens with zero attached hydrogens (tertiary/aromatic N) is 6. The molecule has 2 aromatic rings. The minimum atomic E-state index is -5.87. The van der Waals surface area contributed by atoms with Gasteiger partial charge in [-0.2, -0.15) is 44.7 Å². The summed E-state index contributed by atoms with van der Waals surface area (Å²) in [5.74, 6) is -11.1. The molecule has 0 N–H and O–H groups in total. The molecule has 2 aromatic carbocycles. The van der Waals surface area contributed by atoms with Crippen LogP contribution in [0.4, 0.5) is 30.7 Å². The molecule has 0 aromatic heterocycles. The molecule has 0 spiro atoms. The van der Waals surface area contributed by atoms with Crippen LogP contribution in [0, 0.1) is 91.3 Å². The molecule has 0 radical (unpaired) electrons. The van der Waals surface area contributed by atoms with Crippen molar-refractivity contribution >= 4 is 11.1 Å². The number of rotatable bonds is 1. The molecule has 0 bridgehead atoms. The van der Waals surface area contributed by atoms with Crippen LogP contribution >= 0.6 is 0 Å². The molecule has 13 heteroatoms. The zero-order valence-corrected chi connectivity index (χ0v) is 15.9. The smallest absolute Gasteiger partial charge is 0.203 e. The summed E-state index contributed by atoms with van der Waals surface area (Å²) in [6.45, 7) is 0. The van der Waals surface area contributed by atoms with Crippen molar-refractivity contribution in [1.82, 2.24) is 0 Å². The van der Waals surface area contributed by atoms with E-state index >= 15 is 0 Å². The Morgan fingerprint density at radius 1 is 0.676 bits per heavy atom. The molecule has 0 aliphatic rings. The first-order valence-electron chi connectivity index (χ1n) is 8.24. The Morgan fingerprint density at radius 2 is 1.18 bits per heavy atom. The molecule has 0 saturated heterocycles. The standard InChI is InChI=1S/C21HF7N6/c22-17-15(18(23)20(25)16(19(17)24)21(26,27)28)13(7-34)14-8(2-29)1-10(9(3-30)4-31)11(5-32)12(14)6-33/h1H/b14-13+. The Bertz CT molecular complexity index is 1600. The molecule has 0 heterocycles. The fourth-order valence-electron chi connectivity index (χ4n) is 2.94. The van der Waals surface area contributed by atoms with Gasteiger partial charge in [0.15, 0.2) is 23.3 Å². The number of alkyl halides is 3. The zero-order chi connectivity index (χ0) is 26.0. The first kappa shape index (κ1) is 24.9. The number of hydrogen-bond acceptors (Lipinski definition) is 6. The molecule has 6 nitrogen and oxygen atoms in total. The van der Waals surface area contributed by atoms with Crippen LogP contribution in [-0.4, -0.2) is 0 Å². The fraction of sp³-hybridized carbons (Fsp3) is 0.0476. The van der Waals surface area contributed by atoms with Gasteiger partial charge in [0.05, 0.1) is 33.9 Å². The monoisotopic (exact) mass is 470 g/mol. The van der Waals surface area contributed by atoms with Gasteiger partial charge in [-0.1, -0.05) is 0 Å². The normalized spacial score (nSPS) is 11.1. The third-order valence-electron chi connectivity index (χ3n) is 4.32. The maximum absolute atomic E-state index is 14.6. The van der Waals surface area contributed by atoms with Crippen LogP contribution in [0.5, 0.6) is 0 Å². The molecule has 164 valence electrons. The third kappa shape index (κ3) is 3.71. The van der Waals surface area contributed by atoms with Gasteiger partial charge in [0.25, 0.3) is 0 Å². The van der Waals surface area contributed by atoms with Gasteiger partial charge in [0.2, 0.25) is 0 Å². The summed E-state index contributed by atoms with van der Waals surface area (Å²) in [6, 6.07) is 8.58. The van der Waals surface area contributed by atoms with E-state index in [4.69, 9.17) is 10.5 Å². The molecule has 0 atom stereocenters. The van der Waals surface area contributed by atoms with E-state index in [-0.39, 0.29) is 0 Å². The molecule has 2 rings (SSSR count). The Labute approximate surface area is 184 Å². The summed E-state index contributed by atoms with van der Waals surface area (Å²) in [6.07, 6.45) is -5.87. The average Bonchev–Trinajstić information content (AvgIpc) is 2.79. The summed E-state index contributed by atoms with van der Waals surface area (Å²) in [7, 11) is 0. The van der Waals surface area contributed by atoms with Crippen LogP contribution in [-0.2, 0) is 6.18 Å². The van der Waals surface area contributed by atoms with Gasteiger partial charge in [-0.15, -0.1) is 0 Å². The van der Waals surface area contributed by atoms with Crippen LogP contribution in [0.2, 0.25) is 0 Å². The van der Waals surface area contributed by atoms with E-state index < -0.39 is 78.8 Å². The highest BCUT2D eigenvalue weighted by Gasteiger charge is 2.43. The van der Waals surface area contributed by atoms with Crippen LogP contribution in [0.25, 0.3) is 11.1 Å². The summed E-state index contributed by atoms with van der Waals surface area (Å²) in [4.78, 5) is 0. The maximum Gasteiger partial charge on any atom is 0.422 e. The van der Waals surface area contributed by atoms with Crippen LogP contribution in [0.15, 0.2) is 6.07 Å². The Balaban J connectivity index is 3.42. The molecule has 34 heavy (non-hydrogen) atoms. The lowest BCUT2D eigenvalue weighted by atomic mass is 9.91. The highest BCUT2D eigenvalue weighted by Crippen LogP contribution is 2.38. The van der Waals surface area contributed by atoms with Gasteiger partial charge in [-0.05, 0) is 6.07 Å². The van der Waals surface area contributed by atoms with Gasteiger partial charge in [0, 0.05) is 10.4 Å². The summed E-state index contributed by atoms with van der Waals surface area (Å²) < 4.78 is 95.9. The molecule has 0 fully saturated rings. The van der Waals surface area contributed by atoms with Crippen molar-refractivity contribution in [1.29, 1.82) is 31.6 Å². The van der Waals surface area contributed by atoms with Gasteiger partial charge >= 0.3 is 6.18 Å². The van der Waals surface area contributed by atoms with Gasteiger partial charge in [-0.25, -0.2) is 17.6 Å². The van der Waals surface area contributed by atoms with E-state index in [1.165, 1.54) is 30.3 Å². The van der Waals surface area contributed by atoms with E-state index in [1.807, 2.05) is 0 Å². The second kappa shape index (κ2) is 9.01. The lowest BCUT2D eigenvalue weighted by molar-refractivity contribution is -0.143. The van der Waals surface area contributed by atoms with Gasteiger partial charge < -0.3 is 0 Å². The summed E-state index contributed by atoms with van der Waals surface area (Å²) in [5.41, 5.74) is -9.84. The average molecular weight is 470 g/mol. The van der Waals surface area contributed by atoms with E-state index in [1.54, 1.807) is 0 Å². The van der Waals surface area contributed by atoms with E-state index in [0.29, 0.717) is 6.07 Å². The minimum Gasteiger partial charge on any atom is -0.203 e. The maximum atomic E-state index is 14.6. The van der Waals surface area contributed by atoms with E-state index in [2.05, 4.69) is 0 Å². The minimum absolute atomic E-state index is 0.577. The summed E-state index contributed by atoms with van der Waals surface area (Å²) >= 11 is 0. The molecule has 0 aliphatic carbocycles. The van der Waals surface area contributed by atoms with Gasteiger partial charge in [-0.3, -0.25) is 0 Å². The largest absolute Gasteiger partial charge is 0.422 e. The molecule has 0 unspecified atom stereocenters. The van der Waals surface area contributed by atoms with Crippen molar-refractivity contribution < 1.29 is 30.7 Å².